The molecule has 0 unspecified atom stereocenters. The summed E-state index contributed by atoms with van der Waals surface area (Å²) >= 11 is 0. The third-order valence-electron chi connectivity index (χ3n) is 2.36. The van der Waals surface area contributed by atoms with Crippen LogP contribution in [0.2, 0.25) is 0 Å². The van der Waals surface area contributed by atoms with Gasteiger partial charge in [-0.15, -0.1) is 0 Å². The zero-order chi connectivity index (χ0) is 8.27. The molecule has 0 spiro atoms. The molecule has 0 N–H and O–H groups in total. The molecule has 0 amide bonds. The van der Waals surface area contributed by atoms with Crippen LogP contribution < -0.4 is 0 Å². The molecule has 0 aromatic heterocycles. The van der Waals surface area contributed by atoms with Crippen LogP contribution in [0, 0.1) is 5.92 Å². The van der Waals surface area contributed by atoms with Crippen molar-refractivity contribution < 1.29 is 0 Å². The standard InChI is InChI=1S/C9H18N2/c1-4-5-8-6-11(3)7-9(8)10-2/h8H,4-7H2,1-3H3/b10-9-/t8-/m1/s1. The lowest BCUT2D eigenvalue weighted by Gasteiger charge is -2.07. The molecule has 64 valence electrons. The lowest BCUT2D eigenvalue weighted by molar-refractivity contribution is 0.387. The van der Waals surface area contributed by atoms with E-state index < -0.39 is 0 Å². The smallest absolute Gasteiger partial charge is 0.0363 e. The molecule has 0 saturated carbocycles. The Kier molecular flexibility index (Phi) is 3.06. The number of hydrogen-bond acceptors (Lipinski definition) is 2. The molecule has 1 fully saturated rings. The lowest BCUT2D eigenvalue weighted by atomic mass is 10.0. The maximum atomic E-state index is 4.31. The normalized spacial score (nSPS) is 30.1. The predicted octanol–water partition coefficient (Wildman–Crippen LogP) is 1.42. The van der Waals surface area contributed by atoms with E-state index in [1.807, 2.05) is 7.05 Å². The third kappa shape index (κ3) is 2.03. The van der Waals surface area contributed by atoms with E-state index in [0.29, 0.717) is 0 Å². The van der Waals surface area contributed by atoms with Crippen LogP contribution in [0.25, 0.3) is 0 Å². The van der Waals surface area contributed by atoms with Crippen LogP contribution in [0.5, 0.6) is 0 Å². The van der Waals surface area contributed by atoms with Crippen LogP contribution >= 0.6 is 0 Å². The van der Waals surface area contributed by atoms with Crippen molar-refractivity contribution in [2.45, 2.75) is 19.8 Å². The summed E-state index contributed by atoms with van der Waals surface area (Å²) in [5, 5.41) is 0. The first-order valence-electron chi connectivity index (χ1n) is 4.42. The number of likely N-dealkylation sites (tertiary alicyclic amines) is 1. The Labute approximate surface area is 69.3 Å². The molecule has 1 atom stereocenters. The zero-order valence-electron chi connectivity index (χ0n) is 7.80. The average molecular weight is 154 g/mol. The topological polar surface area (TPSA) is 15.6 Å². The van der Waals surface area contributed by atoms with Crippen LogP contribution in [-0.4, -0.2) is 37.8 Å². The molecule has 2 nitrogen and oxygen atoms in total. The first-order chi connectivity index (χ1) is 5.27. The van der Waals surface area contributed by atoms with Gasteiger partial charge in [0.15, 0.2) is 0 Å². The average Bonchev–Trinajstić information content (AvgIpc) is 2.32. The van der Waals surface area contributed by atoms with Gasteiger partial charge in [-0.2, -0.15) is 0 Å². The van der Waals surface area contributed by atoms with Gasteiger partial charge in [-0.1, -0.05) is 13.3 Å². The number of rotatable bonds is 2. The molecule has 1 saturated heterocycles. The monoisotopic (exact) mass is 154 g/mol. The molecule has 1 aliphatic heterocycles. The van der Waals surface area contributed by atoms with Gasteiger partial charge in [0.2, 0.25) is 0 Å². The van der Waals surface area contributed by atoms with Gasteiger partial charge in [-0.3, -0.25) is 4.99 Å². The third-order valence-corrected chi connectivity index (χ3v) is 2.36. The van der Waals surface area contributed by atoms with Crippen molar-refractivity contribution in [2.24, 2.45) is 10.9 Å². The Hall–Kier alpha value is -0.370. The highest BCUT2D eigenvalue weighted by Gasteiger charge is 2.24. The molecule has 1 rings (SSSR count). The van der Waals surface area contributed by atoms with E-state index in [0.717, 1.165) is 12.5 Å². The fourth-order valence-corrected chi connectivity index (χ4v) is 1.81. The minimum atomic E-state index is 0.745. The van der Waals surface area contributed by atoms with Crippen molar-refractivity contribution >= 4 is 5.71 Å². The highest BCUT2D eigenvalue weighted by atomic mass is 15.1. The second kappa shape index (κ2) is 3.86. The quantitative estimate of drug-likeness (QED) is 0.587. The molecule has 0 aromatic rings. The van der Waals surface area contributed by atoms with Gasteiger partial charge < -0.3 is 4.90 Å². The Morgan fingerprint density at radius 2 is 2.36 bits per heavy atom. The van der Waals surface area contributed by atoms with Crippen molar-refractivity contribution in [2.75, 3.05) is 27.2 Å². The van der Waals surface area contributed by atoms with Gasteiger partial charge in [0.1, 0.15) is 0 Å². The molecule has 11 heavy (non-hydrogen) atoms. The molecule has 1 heterocycles. The van der Waals surface area contributed by atoms with Gasteiger partial charge in [0, 0.05) is 31.8 Å². The van der Waals surface area contributed by atoms with E-state index in [9.17, 15) is 0 Å². The summed E-state index contributed by atoms with van der Waals surface area (Å²) in [6.07, 6.45) is 2.58. The van der Waals surface area contributed by atoms with E-state index >= 15 is 0 Å². The lowest BCUT2D eigenvalue weighted by Crippen LogP contribution is -2.13. The largest absolute Gasteiger partial charge is 0.300 e. The molecule has 1 aliphatic rings. The van der Waals surface area contributed by atoms with Crippen LogP contribution in [0.4, 0.5) is 0 Å². The summed E-state index contributed by atoms with van der Waals surface area (Å²) in [5.41, 5.74) is 1.40. The second-order valence-electron chi connectivity index (χ2n) is 3.40. The second-order valence-corrected chi connectivity index (χ2v) is 3.40. The van der Waals surface area contributed by atoms with E-state index in [4.69, 9.17) is 0 Å². The Morgan fingerprint density at radius 1 is 1.64 bits per heavy atom. The Balaban J connectivity index is 2.51. The molecule has 0 aromatic carbocycles. The fraction of sp³-hybridized carbons (Fsp3) is 0.889. The van der Waals surface area contributed by atoms with E-state index in [1.54, 1.807) is 0 Å². The van der Waals surface area contributed by atoms with Gasteiger partial charge in [0.25, 0.3) is 0 Å². The zero-order valence-corrected chi connectivity index (χ0v) is 7.80. The molecular weight excluding hydrogens is 136 g/mol. The maximum Gasteiger partial charge on any atom is 0.0363 e. The number of hydrogen-bond donors (Lipinski definition) is 0. The molecular formula is C9H18N2. The molecule has 0 radical (unpaired) electrons. The van der Waals surface area contributed by atoms with Crippen LogP contribution in [0.1, 0.15) is 19.8 Å². The van der Waals surface area contributed by atoms with Gasteiger partial charge in [-0.05, 0) is 13.5 Å². The van der Waals surface area contributed by atoms with Crippen LogP contribution in [-0.2, 0) is 0 Å². The van der Waals surface area contributed by atoms with E-state index in [2.05, 4.69) is 23.9 Å². The van der Waals surface area contributed by atoms with Crippen molar-refractivity contribution in [3.63, 3.8) is 0 Å². The van der Waals surface area contributed by atoms with Crippen molar-refractivity contribution in [3.05, 3.63) is 0 Å². The number of nitrogens with zero attached hydrogens (tertiary/aromatic N) is 2. The summed E-state index contributed by atoms with van der Waals surface area (Å²) in [6, 6.07) is 0. The summed E-state index contributed by atoms with van der Waals surface area (Å²) in [5.74, 6) is 0.745. The van der Waals surface area contributed by atoms with E-state index in [1.165, 1.54) is 25.1 Å². The summed E-state index contributed by atoms with van der Waals surface area (Å²) in [7, 11) is 4.08. The summed E-state index contributed by atoms with van der Waals surface area (Å²) < 4.78 is 0. The van der Waals surface area contributed by atoms with Crippen LogP contribution in [0.15, 0.2) is 4.99 Å². The summed E-state index contributed by atoms with van der Waals surface area (Å²) in [6.45, 7) is 4.54. The molecule has 0 aliphatic carbocycles. The fourth-order valence-electron chi connectivity index (χ4n) is 1.81. The number of aliphatic imine (C=N–C) groups is 1. The van der Waals surface area contributed by atoms with Gasteiger partial charge in [0.05, 0.1) is 0 Å². The van der Waals surface area contributed by atoms with E-state index in [-0.39, 0.29) is 0 Å². The highest BCUT2D eigenvalue weighted by molar-refractivity contribution is 5.90. The van der Waals surface area contributed by atoms with Gasteiger partial charge in [-0.25, -0.2) is 0 Å². The van der Waals surface area contributed by atoms with Crippen molar-refractivity contribution in [3.8, 4) is 0 Å². The van der Waals surface area contributed by atoms with Crippen LogP contribution in [0.3, 0.4) is 0 Å². The Morgan fingerprint density at radius 3 is 2.91 bits per heavy atom. The minimum absolute atomic E-state index is 0.745. The van der Waals surface area contributed by atoms with Crippen molar-refractivity contribution in [1.82, 2.24) is 4.90 Å². The minimum Gasteiger partial charge on any atom is -0.300 e. The highest BCUT2D eigenvalue weighted by Crippen LogP contribution is 2.17. The molecule has 0 bridgehead atoms. The maximum absolute atomic E-state index is 4.31. The Bertz CT molecular complexity index is 152. The van der Waals surface area contributed by atoms with Crippen molar-refractivity contribution in [1.29, 1.82) is 0 Å². The first-order valence-corrected chi connectivity index (χ1v) is 4.42. The SMILES string of the molecule is CCC[C@@H]1CN(C)C/C1=N/C. The van der Waals surface area contributed by atoms with Gasteiger partial charge >= 0.3 is 0 Å². The summed E-state index contributed by atoms with van der Waals surface area (Å²) in [4.78, 5) is 6.66. The predicted molar refractivity (Wildman–Crippen MR) is 49.3 cm³/mol. The molecule has 2 heteroatoms. The first kappa shape index (κ1) is 8.72.